The lowest BCUT2D eigenvalue weighted by Crippen LogP contribution is -2.37. The molecule has 8 nitrogen and oxygen atoms in total. The molecule has 0 bridgehead atoms. The Morgan fingerprint density at radius 2 is 2.12 bits per heavy atom. The monoisotopic (exact) mass is 353 g/mol. The second-order valence-electron chi connectivity index (χ2n) is 6.18. The van der Waals surface area contributed by atoms with E-state index in [0.717, 1.165) is 31.6 Å². The largest absolute Gasteiger partial charge is 0.488 e. The molecule has 1 atom stereocenters. The number of aliphatic hydroxyl groups is 2. The molecule has 1 aliphatic rings. The molecule has 8 heteroatoms. The number of benzene rings is 1. The van der Waals surface area contributed by atoms with Gasteiger partial charge in [-0.3, -0.25) is 15.0 Å². The average molecular weight is 353 g/mol. The van der Waals surface area contributed by atoms with Crippen LogP contribution in [-0.2, 0) is 0 Å². The van der Waals surface area contributed by atoms with Crippen LogP contribution in [0.2, 0.25) is 0 Å². The molecule has 1 unspecified atom stereocenters. The molecular formula is C17H27N3O5. The van der Waals surface area contributed by atoms with E-state index in [1.54, 1.807) is 6.07 Å². The minimum Gasteiger partial charge on any atom is -0.488 e. The molecule has 1 heterocycles. The number of aliphatic hydroxyl groups excluding tert-OH is 2. The SMILES string of the molecule is CCN(CCO)CC(O)COc1cc([N+](=O)[O-])ccc1N1CCCC1. The first kappa shape index (κ1) is 19.4. The summed E-state index contributed by atoms with van der Waals surface area (Å²) in [5.41, 5.74) is 0.806. The van der Waals surface area contributed by atoms with Crippen LogP contribution in [0.3, 0.4) is 0 Å². The summed E-state index contributed by atoms with van der Waals surface area (Å²) in [7, 11) is 0. The van der Waals surface area contributed by atoms with Crippen molar-refractivity contribution < 1.29 is 19.9 Å². The molecule has 1 aliphatic heterocycles. The third-order valence-electron chi connectivity index (χ3n) is 4.36. The fourth-order valence-corrected chi connectivity index (χ4v) is 3.01. The zero-order valence-corrected chi connectivity index (χ0v) is 14.6. The van der Waals surface area contributed by atoms with Gasteiger partial charge in [-0.25, -0.2) is 0 Å². The van der Waals surface area contributed by atoms with Crippen molar-refractivity contribution in [2.75, 3.05) is 50.8 Å². The molecule has 0 aliphatic carbocycles. The summed E-state index contributed by atoms with van der Waals surface area (Å²) in [5.74, 6) is 0.431. The molecule has 2 rings (SSSR count). The highest BCUT2D eigenvalue weighted by atomic mass is 16.6. The van der Waals surface area contributed by atoms with E-state index >= 15 is 0 Å². The number of rotatable bonds is 10. The molecule has 0 radical (unpaired) electrons. The van der Waals surface area contributed by atoms with Crippen molar-refractivity contribution in [2.45, 2.75) is 25.9 Å². The summed E-state index contributed by atoms with van der Waals surface area (Å²) < 4.78 is 5.74. The Balaban J connectivity index is 2.05. The lowest BCUT2D eigenvalue weighted by Gasteiger charge is -2.24. The van der Waals surface area contributed by atoms with Gasteiger partial charge in [0.2, 0.25) is 0 Å². The van der Waals surface area contributed by atoms with Crippen molar-refractivity contribution in [3.8, 4) is 5.75 Å². The quantitative estimate of drug-likeness (QED) is 0.482. The van der Waals surface area contributed by atoms with Gasteiger partial charge < -0.3 is 19.8 Å². The van der Waals surface area contributed by atoms with Crippen molar-refractivity contribution >= 4 is 11.4 Å². The predicted molar refractivity (Wildman–Crippen MR) is 95.2 cm³/mol. The van der Waals surface area contributed by atoms with Gasteiger partial charge in [0.15, 0.2) is 0 Å². The molecule has 1 aromatic carbocycles. The lowest BCUT2D eigenvalue weighted by atomic mass is 10.2. The van der Waals surface area contributed by atoms with Crippen molar-refractivity contribution in [1.82, 2.24) is 4.90 Å². The van der Waals surface area contributed by atoms with Gasteiger partial charge in [0.25, 0.3) is 5.69 Å². The maximum absolute atomic E-state index is 11.0. The van der Waals surface area contributed by atoms with Gasteiger partial charge in [-0.15, -0.1) is 0 Å². The van der Waals surface area contributed by atoms with Crippen molar-refractivity contribution in [1.29, 1.82) is 0 Å². The number of nitrogens with zero attached hydrogens (tertiary/aromatic N) is 3. The number of ether oxygens (including phenoxy) is 1. The van der Waals surface area contributed by atoms with Gasteiger partial charge in [-0.1, -0.05) is 6.92 Å². The first-order valence-electron chi connectivity index (χ1n) is 8.72. The van der Waals surface area contributed by atoms with Gasteiger partial charge >= 0.3 is 0 Å². The van der Waals surface area contributed by atoms with Crippen molar-refractivity contribution in [3.63, 3.8) is 0 Å². The number of anilines is 1. The molecule has 1 aromatic rings. The van der Waals surface area contributed by atoms with Crippen molar-refractivity contribution in [3.05, 3.63) is 28.3 Å². The fraction of sp³-hybridized carbons (Fsp3) is 0.647. The molecule has 2 N–H and O–H groups in total. The Hall–Kier alpha value is -1.90. The van der Waals surface area contributed by atoms with Gasteiger partial charge in [-0.05, 0) is 25.5 Å². The van der Waals surface area contributed by atoms with Gasteiger partial charge in [0.05, 0.1) is 23.3 Å². The summed E-state index contributed by atoms with van der Waals surface area (Å²) in [6.45, 7) is 5.42. The van der Waals surface area contributed by atoms with E-state index < -0.39 is 11.0 Å². The molecule has 140 valence electrons. The van der Waals surface area contributed by atoms with E-state index in [1.807, 2.05) is 11.8 Å². The van der Waals surface area contributed by atoms with Gasteiger partial charge in [0, 0.05) is 32.2 Å². The maximum atomic E-state index is 11.0. The lowest BCUT2D eigenvalue weighted by molar-refractivity contribution is -0.384. The van der Waals surface area contributed by atoms with Crippen LogP contribution in [0, 0.1) is 10.1 Å². The summed E-state index contributed by atoms with van der Waals surface area (Å²) in [6.07, 6.45) is 1.44. The van der Waals surface area contributed by atoms with Gasteiger partial charge in [-0.2, -0.15) is 0 Å². The standard InChI is InChI=1S/C17H27N3O5/c1-2-18(9-10-21)12-15(22)13-25-17-11-14(20(23)24)5-6-16(17)19-7-3-4-8-19/h5-6,11,15,21-22H,2-4,7-10,12-13H2,1H3. The average Bonchev–Trinajstić information content (AvgIpc) is 3.13. The Bertz CT molecular complexity index is 563. The van der Waals surface area contributed by atoms with Crippen LogP contribution in [0.15, 0.2) is 18.2 Å². The first-order valence-corrected chi connectivity index (χ1v) is 8.72. The Morgan fingerprint density at radius 3 is 2.72 bits per heavy atom. The maximum Gasteiger partial charge on any atom is 0.273 e. The van der Waals surface area contributed by atoms with Crippen LogP contribution in [0.4, 0.5) is 11.4 Å². The van der Waals surface area contributed by atoms with Crippen LogP contribution in [0.1, 0.15) is 19.8 Å². The Morgan fingerprint density at radius 1 is 1.40 bits per heavy atom. The highest BCUT2D eigenvalue weighted by Gasteiger charge is 2.20. The highest BCUT2D eigenvalue weighted by Crippen LogP contribution is 2.34. The summed E-state index contributed by atoms with van der Waals surface area (Å²) >= 11 is 0. The number of non-ortho nitro benzene ring substituents is 1. The molecule has 25 heavy (non-hydrogen) atoms. The van der Waals surface area contributed by atoms with Crippen molar-refractivity contribution in [2.24, 2.45) is 0 Å². The number of likely N-dealkylation sites (N-methyl/N-ethyl adjacent to an activating group) is 1. The number of nitro benzene ring substituents is 1. The molecule has 0 aromatic heterocycles. The predicted octanol–water partition coefficient (Wildman–Crippen LogP) is 1.25. The Kier molecular flexibility index (Phi) is 7.42. The van der Waals surface area contributed by atoms with Crippen LogP contribution in [0.5, 0.6) is 5.75 Å². The molecule has 0 saturated carbocycles. The first-order chi connectivity index (χ1) is 12.0. The minimum absolute atomic E-state index is 0.0251. The van der Waals surface area contributed by atoms with E-state index in [2.05, 4.69) is 4.90 Å². The van der Waals surface area contributed by atoms with E-state index in [1.165, 1.54) is 12.1 Å². The van der Waals surface area contributed by atoms with Gasteiger partial charge in [0.1, 0.15) is 18.5 Å². The molecular weight excluding hydrogens is 326 g/mol. The van der Waals surface area contributed by atoms with Crippen LogP contribution in [-0.4, -0.2) is 72.1 Å². The second kappa shape index (κ2) is 9.55. The molecule has 1 fully saturated rings. The summed E-state index contributed by atoms with van der Waals surface area (Å²) in [5, 5.41) is 30.2. The minimum atomic E-state index is -0.739. The Labute approximate surface area is 147 Å². The van der Waals surface area contributed by atoms with Crippen LogP contribution >= 0.6 is 0 Å². The third-order valence-corrected chi connectivity index (χ3v) is 4.36. The normalized spacial score (nSPS) is 15.6. The summed E-state index contributed by atoms with van der Waals surface area (Å²) in [4.78, 5) is 14.7. The number of nitro groups is 1. The topological polar surface area (TPSA) is 99.3 Å². The third kappa shape index (κ3) is 5.55. The highest BCUT2D eigenvalue weighted by molar-refractivity contribution is 5.62. The molecule has 0 spiro atoms. The van der Waals surface area contributed by atoms with Crippen LogP contribution in [0.25, 0.3) is 0 Å². The van der Waals surface area contributed by atoms with E-state index in [4.69, 9.17) is 9.84 Å². The molecule has 0 amide bonds. The smallest absolute Gasteiger partial charge is 0.273 e. The van der Waals surface area contributed by atoms with E-state index in [-0.39, 0.29) is 18.9 Å². The zero-order valence-electron chi connectivity index (χ0n) is 14.6. The zero-order chi connectivity index (χ0) is 18.2. The second-order valence-corrected chi connectivity index (χ2v) is 6.18. The molecule has 1 saturated heterocycles. The summed E-state index contributed by atoms with van der Waals surface area (Å²) in [6, 6.07) is 4.62. The van der Waals surface area contributed by atoms with E-state index in [0.29, 0.717) is 25.4 Å². The number of hydrogen-bond donors (Lipinski definition) is 2. The van der Waals surface area contributed by atoms with E-state index in [9.17, 15) is 15.2 Å². The number of hydrogen-bond acceptors (Lipinski definition) is 7. The fourth-order valence-electron chi connectivity index (χ4n) is 3.01. The van der Waals surface area contributed by atoms with Crippen LogP contribution < -0.4 is 9.64 Å².